The molecule has 10 heteroatoms. The van der Waals surface area contributed by atoms with Gasteiger partial charge in [-0.25, -0.2) is 0 Å². The zero-order valence-electron chi connectivity index (χ0n) is 16.5. The molecule has 0 aliphatic carbocycles. The summed E-state index contributed by atoms with van der Waals surface area (Å²) in [6.45, 7) is 1.74. The molecule has 2 aromatic carbocycles. The average Bonchev–Trinajstić information content (AvgIpc) is 2.73. The molecule has 0 fully saturated rings. The molecule has 1 atom stereocenters. The maximum atomic E-state index is 13.2. The van der Waals surface area contributed by atoms with Crippen LogP contribution < -0.4 is 25.4 Å². The van der Waals surface area contributed by atoms with Crippen LogP contribution in [-0.4, -0.2) is 30.2 Å². The lowest BCUT2D eigenvalue weighted by Gasteiger charge is -2.30. The lowest BCUT2D eigenvalue weighted by molar-refractivity contribution is -0.384. The van der Waals surface area contributed by atoms with E-state index >= 15 is 0 Å². The van der Waals surface area contributed by atoms with E-state index < -0.39 is 11.0 Å². The first-order valence-electron chi connectivity index (χ1n) is 8.90. The smallest absolute Gasteiger partial charge is 0.269 e. The summed E-state index contributed by atoms with van der Waals surface area (Å²) in [5, 5.41) is 20.2. The van der Waals surface area contributed by atoms with E-state index in [9.17, 15) is 14.9 Å². The van der Waals surface area contributed by atoms with Crippen LogP contribution in [0.1, 0.15) is 18.5 Å². The second kappa shape index (κ2) is 8.78. The van der Waals surface area contributed by atoms with Crippen LogP contribution in [0.4, 0.5) is 11.4 Å². The quantitative estimate of drug-likeness (QED) is 0.365. The number of rotatable bonds is 6. The van der Waals surface area contributed by atoms with Crippen molar-refractivity contribution in [3.05, 3.63) is 69.4 Å². The number of nitro benzene ring substituents is 1. The normalized spacial score (nSPS) is 15.7. The fraction of sp³-hybridized carbons (Fsp3) is 0.200. The van der Waals surface area contributed by atoms with E-state index in [0.717, 1.165) is 0 Å². The Morgan fingerprint density at radius 2 is 1.87 bits per heavy atom. The van der Waals surface area contributed by atoms with Gasteiger partial charge in [0.15, 0.2) is 5.11 Å². The highest BCUT2D eigenvalue weighted by atomic mass is 32.1. The van der Waals surface area contributed by atoms with Gasteiger partial charge in [0, 0.05) is 23.9 Å². The van der Waals surface area contributed by atoms with Crippen LogP contribution in [0.15, 0.2) is 53.7 Å². The molecule has 1 amide bonds. The Bertz CT molecular complexity index is 1040. The molecule has 1 unspecified atom stereocenters. The van der Waals surface area contributed by atoms with Gasteiger partial charge in [0.05, 0.1) is 36.4 Å². The summed E-state index contributed by atoms with van der Waals surface area (Å²) in [5.74, 6) is 0.649. The molecule has 9 nitrogen and oxygen atoms in total. The lowest BCUT2D eigenvalue weighted by Crippen LogP contribution is -2.45. The first-order valence-corrected chi connectivity index (χ1v) is 9.31. The Kier molecular flexibility index (Phi) is 6.17. The topological polar surface area (TPSA) is 115 Å². The number of nitro groups is 1. The van der Waals surface area contributed by atoms with Crippen molar-refractivity contribution in [3.8, 4) is 11.5 Å². The number of ether oxygens (including phenoxy) is 2. The van der Waals surface area contributed by atoms with Gasteiger partial charge in [-0.3, -0.25) is 14.9 Å². The minimum absolute atomic E-state index is 0.0388. The number of nitrogens with one attached hydrogen (secondary N) is 3. The Morgan fingerprint density at radius 3 is 2.47 bits per heavy atom. The van der Waals surface area contributed by atoms with Gasteiger partial charge in [0.1, 0.15) is 11.5 Å². The highest BCUT2D eigenvalue weighted by molar-refractivity contribution is 7.80. The number of hydrogen-bond acceptors (Lipinski definition) is 6. The van der Waals surface area contributed by atoms with Crippen LogP contribution in [0, 0.1) is 10.1 Å². The number of anilines is 1. The molecule has 0 radical (unpaired) electrons. The third-order valence-electron chi connectivity index (χ3n) is 4.61. The number of carbonyl (C=O) groups excluding carboxylic acids is 1. The summed E-state index contributed by atoms with van der Waals surface area (Å²) in [7, 11) is 3.03. The van der Waals surface area contributed by atoms with Crippen LogP contribution >= 0.6 is 12.2 Å². The maximum absolute atomic E-state index is 13.2. The second-order valence-electron chi connectivity index (χ2n) is 6.44. The van der Waals surface area contributed by atoms with Gasteiger partial charge < -0.3 is 25.4 Å². The predicted octanol–water partition coefficient (Wildman–Crippen LogP) is 3.04. The third kappa shape index (κ3) is 4.33. The zero-order chi connectivity index (χ0) is 21.8. The van der Waals surface area contributed by atoms with Gasteiger partial charge in [-0.2, -0.15) is 0 Å². The molecule has 156 valence electrons. The summed E-state index contributed by atoms with van der Waals surface area (Å²) in [5.41, 5.74) is 2.02. The number of non-ortho nitro benzene ring substituents is 1. The summed E-state index contributed by atoms with van der Waals surface area (Å²) < 4.78 is 10.5. The lowest BCUT2D eigenvalue weighted by atomic mass is 9.94. The minimum atomic E-state index is -0.587. The summed E-state index contributed by atoms with van der Waals surface area (Å²) in [4.78, 5) is 23.7. The molecule has 3 N–H and O–H groups in total. The van der Waals surface area contributed by atoms with Crippen LogP contribution in [-0.2, 0) is 4.79 Å². The van der Waals surface area contributed by atoms with Crippen molar-refractivity contribution in [3.63, 3.8) is 0 Å². The largest absolute Gasteiger partial charge is 0.497 e. The molecule has 1 aliphatic rings. The number of hydrogen-bond donors (Lipinski definition) is 3. The van der Waals surface area contributed by atoms with Gasteiger partial charge in [-0.05, 0) is 49.0 Å². The molecule has 0 saturated heterocycles. The number of allylic oxidation sites excluding steroid dienone is 1. The highest BCUT2D eigenvalue weighted by Crippen LogP contribution is 2.32. The Morgan fingerprint density at radius 1 is 1.17 bits per heavy atom. The van der Waals surface area contributed by atoms with E-state index in [1.54, 1.807) is 37.3 Å². The van der Waals surface area contributed by atoms with Gasteiger partial charge in [-0.1, -0.05) is 0 Å². The molecule has 2 aromatic rings. The van der Waals surface area contributed by atoms with E-state index in [-0.39, 0.29) is 11.6 Å². The molecular formula is C20H20N4O5S. The standard InChI is InChI=1S/C20H20N4O5S/c1-11-17(19(25)22-15-10-14(28-2)8-9-16(15)29-3)18(23-20(30)21-11)12-4-6-13(7-5-12)24(26)27/h4-10,18H,1-3H3,(H,22,25)(H2,21,23,30). The first-order chi connectivity index (χ1) is 14.3. The van der Waals surface area contributed by atoms with Gasteiger partial charge in [0.2, 0.25) is 0 Å². The Labute approximate surface area is 178 Å². The predicted molar refractivity (Wildman–Crippen MR) is 116 cm³/mol. The van der Waals surface area contributed by atoms with Crippen molar-refractivity contribution in [2.45, 2.75) is 13.0 Å². The number of thiocarbonyl (C=S) groups is 1. The van der Waals surface area contributed by atoms with E-state index in [0.29, 0.717) is 39.1 Å². The molecule has 0 aromatic heterocycles. The van der Waals surface area contributed by atoms with Crippen LogP contribution in [0.3, 0.4) is 0 Å². The third-order valence-corrected chi connectivity index (χ3v) is 4.83. The highest BCUT2D eigenvalue weighted by Gasteiger charge is 2.30. The number of methoxy groups -OCH3 is 2. The van der Waals surface area contributed by atoms with Crippen LogP contribution in [0.5, 0.6) is 11.5 Å². The van der Waals surface area contributed by atoms with Crippen molar-refractivity contribution in [2.75, 3.05) is 19.5 Å². The Balaban J connectivity index is 1.96. The zero-order valence-corrected chi connectivity index (χ0v) is 17.3. The first kappa shape index (κ1) is 21.1. The summed E-state index contributed by atoms with van der Waals surface area (Å²) in [6, 6.07) is 10.4. The summed E-state index contributed by atoms with van der Waals surface area (Å²) >= 11 is 5.24. The molecule has 1 heterocycles. The molecule has 0 spiro atoms. The van der Waals surface area contributed by atoms with E-state index in [4.69, 9.17) is 21.7 Å². The summed E-state index contributed by atoms with van der Waals surface area (Å²) in [6.07, 6.45) is 0. The van der Waals surface area contributed by atoms with Gasteiger partial charge in [0.25, 0.3) is 11.6 Å². The van der Waals surface area contributed by atoms with Gasteiger partial charge in [-0.15, -0.1) is 0 Å². The van der Waals surface area contributed by atoms with Gasteiger partial charge >= 0.3 is 0 Å². The molecule has 3 rings (SSSR count). The number of carbonyl (C=O) groups is 1. The van der Waals surface area contributed by atoms with E-state index in [1.165, 1.54) is 26.4 Å². The Hall–Kier alpha value is -3.66. The van der Waals surface area contributed by atoms with Crippen molar-refractivity contribution in [2.24, 2.45) is 0 Å². The average molecular weight is 428 g/mol. The van der Waals surface area contributed by atoms with Crippen molar-refractivity contribution in [1.29, 1.82) is 0 Å². The fourth-order valence-corrected chi connectivity index (χ4v) is 3.41. The number of nitrogens with zero attached hydrogens (tertiary/aromatic N) is 1. The monoisotopic (exact) mass is 428 g/mol. The number of amides is 1. The van der Waals surface area contributed by atoms with Crippen LogP contribution in [0.2, 0.25) is 0 Å². The second-order valence-corrected chi connectivity index (χ2v) is 6.85. The van der Waals surface area contributed by atoms with Crippen molar-refractivity contribution < 1.29 is 19.2 Å². The van der Waals surface area contributed by atoms with Crippen LogP contribution in [0.25, 0.3) is 0 Å². The van der Waals surface area contributed by atoms with Crippen molar-refractivity contribution >= 4 is 34.6 Å². The SMILES string of the molecule is COc1ccc(OC)c(NC(=O)C2=C(C)NC(=S)NC2c2ccc([N+](=O)[O-])cc2)c1. The number of benzene rings is 2. The van der Waals surface area contributed by atoms with E-state index in [2.05, 4.69) is 16.0 Å². The molecule has 0 saturated carbocycles. The fourth-order valence-electron chi connectivity index (χ4n) is 3.13. The molecule has 1 aliphatic heterocycles. The maximum Gasteiger partial charge on any atom is 0.269 e. The molecular weight excluding hydrogens is 408 g/mol. The van der Waals surface area contributed by atoms with Crippen molar-refractivity contribution in [1.82, 2.24) is 10.6 Å². The molecule has 0 bridgehead atoms. The molecule has 30 heavy (non-hydrogen) atoms. The minimum Gasteiger partial charge on any atom is -0.497 e. The van der Waals surface area contributed by atoms with E-state index in [1.807, 2.05) is 0 Å².